The number of hydrogen-bond acceptors (Lipinski definition) is 4. The minimum absolute atomic E-state index is 0.227. The van der Waals surface area contributed by atoms with E-state index in [4.69, 9.17) is 0 Å². The van der Waals surface area contributed by atoms with Crippen LogP contribution in [0.2, 0.25) is 0 Å². The molecule has 4 nitrogen and oxygen atoms in total. The molecule has 0 unspecified atom stereocenters. The van der Waals surface area contributed by atoms with Gasteiger partial charge < -0.3 is 4.90 Å². The molecule has 1 aliphatic rings. The van der Waals surface area contributed by atoms with E-state index in [0.29, 0.717) is 13.1 Å². The van der Waals surface area contributed by atoms with Crippen molar-refractivity contribution in [1.82, 2.24) is 0 Å². The lowest BCUT2D eigenvalue weighted by Crippen LogP contribution is -2.33. The number of nitrogens with zero attached hydrogens (tertiary/aromatic N) is 2. The molecule has 0 aromatic heterocycles. The van der Waals surface area contributed by atoms with Gasteiger partial charge in [0, 0.05) is 30.7 Å². The van der Waals surface area contributed by atoms with E-state index in [1.165, 1.54) is 4.90 Å². The molecule has 1 aliphatic heterocycles. The summed E-state index contributed by atoms with van der Waals surface area (Å²) < 4.78 is 26.8. The van der Waals surface area contributed by atoms with Crippen LogP contribution in [0.5, 0.6) is 0 Å². The van der Waals surface area contributed by atoms with Crippen LogP contribution in [0.1, 0.15) is 0 Å². The highest BCUT2D eigenvalue weighted by Crippen LogP contribution is 2.33. The maximum absolute atomic E-state index is 13.7. The largest absolute Gasteiger partial charge is 0.362 e. The van der Waals surface area contributed by atoms with Gasteiger partial charge in [0.2, 0.25) is 0 Å². The van der Waals surface area contributed by atoms with Crippen LogP contribution >= 0.6 is 11.8 Å². The number of halogens is 2. The van der Waals surface area contributed by atoms with E-state index in [-0.39, 0.29) is 11.4 Å². The van der Waals surface area contributed by atoms with Crippen molar-refractivity contribution in [3.8, 4) is 0 Å². The lowest BCUT2D eigenvalue weighted by atomic mass is 10.2. The van der Waals surface area contributed by atoms with Gasteiger partial charge in [-0.05, 0) is 6.07 Å². The first-order chi connectivity index (χ1) is 8.11. The molecule has 0 aliphatic carbocycles. The van der Waals surface area contributed by atoms with Gasteiger partial charge in [0.25, 0.3) is 5.69 Å². The number of thioether (sulfide) groups is 1. The molecule has 0 atom stereocenters. The topological polar surface area (TPSA) is 46.4 Å². The maximum Gasteiger partial charge on any atom is 0.295 e. The van der Waals surface area contributed by atoms with Crippen LogP contribution in [0.25, 0.3) is 0 Å². The van der Waals surface area contributed by atoms with Crippen LogP contribution in [-0.2, 0) is 0 Å². The van der Waals surface area contributed by atoms with E-state index < -0.39 is 16.6 Å². The third kappa shape index (κ3) is 2.33. The predicted molar refractivity (Wildman–Crippen MR) is 62.6 cm³/mol. The van der Waals surface area contributed by atoms with Crippen molar-refractivity contribution in [2.45, 2.75) is 0 Å². The molecule has 0 N–H and O–H groups in total. The van der Waals surface area contributed by atoms with Crippen LogP contribution in [0.15, 0.2) is 12.1 Å². The second kappa shape index (κ2) is 4.87. The SMILES string of the molecule is O=[N+]([O-])c1ccc(F)c(F)c1N1CCSCC1. The van der Waals surface area contributed by atoms with Gasteiger partial charge in [-0.2, -0.15) is 11.8 Å². The highest BCUT2D eigenvalue weighted by Gasteiger charge is 2.27. The first-order valence-electron chi connectivity index (χ1n) is 5.06. The van der Waals surface area contributed by atoms with Crippen molar-refractivity contribution >= 4 is 23.1 Å². The Labute approximate surface area is 101 Å². The Morgan fingerprint density at radius 2 is 1.94 bits per heavy atom. The van der Waals surface area contributed by atoms with Crippen LogP contribution in [0.4, 0.5) is 20.2 Å². The van der Waals surface area contributed by atoms with E-state index in [0.717, 1.165) is 23.6 Å². The fraction of sp³-hybridized carbons (Fsp3) is 0.400. The molecule has 2 rings (SSSR count). The molecule has 17 heavy (non-hydrogen) atoms. The second-order valence-corrected chi connectivity index (χ2v) is 4.81. The highest BCUT2D eigenvalue weighted by atomic mass is 32.2. The summed E-state index contributed by atoms with van der Waals surface area (Å²) in [5.41, 5.74) is -0.605. The van der Waals surface area contributed by atoms with Crippen molar-refractivity contribution in [3.05, 3.63) is 33.9 Å². The summed E-state index contributed by atoms with van der Waals surface area (Å²) >= 11 is 1.69. The summed E-state index contributed by atoms with van der Waals surface area (Å²) in [6.07, 6.45) is 0. The number of anilines is 1. The zero-order valence-corrected chi connectivity index (χ0v) is 9.67. The number of hydrogen-bond donors (Lipinski definition) is 0. The van der Waals surface area contributed by atoms with Crippen LogP contribution in [0, 0.1) is 21.7 Å². The number of rotatable bonds is 2. The average molecular weight is 260 g/mol. The number of nitro groups is 1. The molecule has 0 spiro atoms. The van der Waals surface area contributed by atoms with Crippen molar-refractivity contribution in [1.29, 1.82) is 0 Å². The third-order valence-corrected chi connectivity index (χ3v) is 3.51. The van der Waals surface area contributed by atoms with Gasteiger partial charge in [0.15, 0.2) is 17.3 Å². The molecule has 1 heterocycles. The van der Waals surface area contributed by atoms with Crippen molar-refractivity contribution in [2.75, 3.05) is 29.5 Å². The van der Waals surface area contributed by atoms with Gasteiger partial charge in [-0.15, -0.1) is 0 Å². The van der Waals surface area contributed by atoms with Gasteiger partial charge in [0.1, 0.15) is 0 Å². The minimum Gasteiger partial charge on any atom is -0.362 e. The standard InChI is InChI=1S/C10H10F2N2O2S/c11-7-1-2-8(14(15)16)10(9(7)12)13-3-5-17-6-4-13/h1-2H,3-6H2. The van der Waals surface area contributed by atoms with Crippen LogP contribution < -0.4 is 4.90 Å². The summed E-state index contributed by atoms with van der Waals surface area (Å²) in [6, 6.07) is 1.80. The molecule has 0 radical (unpaired) electrons. The fourth-order valence-corrected chi connectivity index (χ4v) is 2.67. The molecule has 1 aromatic rings. The molecule has 1 saturated heterocycles. The Morgan fingerprint density at radius 3 is 2.53 bits per heavy atom. The summed E-state index contributed by atoms with van der Waals surface area (Å²) in [7, 11) is 0. The Hall–Kier alpha value is -1.37. The Kier molecular flexibility index (Phi) is 3.46. The zero-order valence-electron chi connectivity index (χ0n) is 8.86. The maximum atomic E-state index is 13.7. The van der Waals surface area contributed by atoms with Gasteiger partial charge >= 0.3 is 0 Å². The minimum atomic E-state index is -1.13. The average Bonchev–Trinajstić information content (AvgIpc) is 2.33. The molecule has 92 valence electrons. The van der Waals surface area contributed by atoms with Gasteiger partial charge in [-0.25, -0.2) is 8.78 Å². The summed E-state index contributed by atoms with van der Waals surface area (Å²) in [5, 5.41) is 10.8. The van der Waals surface area contributed by atoms with Crippen LogP contribution in [0.3, 0.4) is 0 Å². The normalized spacial score (nSPS) is 16.0. The smallest absolute Gasteiger partial charge is 0.295 e. The lowest BCUT2D eigenvalue weighted by Gasteiger charge is -2.28. The van der Waals surface area contributed by atoms with Crippen molar-refractivity contribution < 1.29 is 13.7 Å². The Balaban J connectivity index is 2.48. The van der Waals surface area contributed by atoms with E-state index in [1.54, 1.807) is 11.8 Å². The quantitative estimate of drug-likeness (QED) is 0.605. The van der Waals surface area contributed by atoms with E-state index in [2.05, 4.69) is 0 Å². The molecule has 1 fully saturated rings. The Bertz CT molecular complexity index is 450. The third-order valence-electron chi connectivity index (χ3n) is 2.57. The lowest BCUT2D eigenvalue weighted by molar-refractivity contribution is -0.384. The number of benzene rings is 1. The monoisotopic (exact) mass is 260 g/mol. The van der Waals surface area contributed by atoms with Gasteiger partial charge in [0.05, 0.1) is 4.92 Å². The van der Waals surface area contributed by atoms with Crippen molar-refractivity contribution in [2.24, 2.45) is 0 Å². The van der Waals surface area contributed by atoms with Crippen molar-refractivity contribution in [3.63, 3.8) is 0 Å². The van der Waals surface area contributed by atoms with E-state index in [1.807, 2.05) is 0 Å². The molecule has 0 saturated carbocycles. The molecule has 7 heteroatoms. The fourth-order valence-electron chi connectivity index (χ4n) is 1.76. The first kappa shape index (κ1) is 12.1. The first-order valence-corrected chi connectivity index (χ1v) is 6.22. The van der Waals surface area contributed by atoms with Gasteiger partial charge in [-0.3, -0.25) is 10.1 Å². The molecule has 0 bridgehead atoms. The van der Waals surface area contributed by atoms with Gasteiger partial charge in [-0.1, -0.05) is 0 Å². The van der Waals surface area contributed by atoms with Crippen LogP contribution in [-0.4, -0.2) is 29.5 Å². The number of nitro benzene ring substituents is 1. The summed E-state index contributed by atoms with van der Waals surface area (Å²) in [4.78, 5) is 11.7. The van der Waals surface area contributed by atoms with E-state index in [9.17, 15) is 18.9 Å². The molecular formula is C10H10F2N2O2S. The summed E-state index contributed by atoms with van der Waals surface area (Å²) in [5.74, 6) is -0.671. The molecular weight excluding hydrogens is 250 g/mol. The van der Waals surface area contributed by atoms with E-state index >= 15 is 0 Å². The molecule has 1 aromatic carbocycles. The molecule has 0 amide bonds. The predicted octanol–water partition coefficient (Wildman–Crippen LogP) is 2.43. The highest BCUT2D eigenvalue weighted by molar-refractivity contribution is 7.99. The summed E-state index contributed by atoms with van der Waals surface area (Å²) in [6.45, 7) is 0.984. The zero-order chi connectivity index (χ0) is 12.4. The second-order valence-electron chi connectivity index (χ2n) is 3.59. The Morgan fingerprint density at radius 1 is 1.29 bits per heavy atom.